The number of fused-ring (bicyclic) bond motifs is 2. The summed E-state index contributed by atoms with van der Waals surface area (Å²) in [6, 6.07) is 12.2. The van der Waals surface area contributed by atoms with E-state index in [9.17, 15) is 40.3 Å². The lowest BCUT2D eigenvalue weighted by Gasteiger charge is -2.30. The number of methoxy groups -OCH3 is 2. The second-order valence-corrected chi connectivity index (χ2v) is 22.1. The predicted molar refractivity (Wildman–Crippen MR) is 274 cm³/mol. The summed E-state index contributed by atoms with van der Waals surface area (Å²) in [6.07, 6.45) is 6.91. The minimum Gasteiger partial charge on any atom is -0.744 e. The number of benzene rings is 2. The third kappa shape index (κ3) is 17.9. The maximum absolute atomic E-state index is 12.5. The Morgan fingerprint density at radius 2 is 1.42 bits per heavy atom. The molecule has 2 amide bonds. The Bertz CT molecular complexity index is 2660. The molecule has 1 atom stereocenters. The molecule has 0 spiro atoms. The van der Waals surface area contributed by atoms with E-state index >= 15 is 0 Å². The minimum atomic E-state index is -4.89. The van der Waals surface area contributed by atoms with E-state index in [4.69, 9.17) is 37.7 Å². The fourth-order valence-corrected chi connectivity index (χ4v) is 9.80. The number of allylic oxidation sites excluding steroid dienone is 3. The van der Waals surface area contributed by atoms with Crippen LogP contribution in [0.3, 0.4) is 0 Å². The normalized spacial score (nSPS) is 16.9. The molecule has 4 aliphatic rings. The van der Waals surface area contributed by atoms with Crippen LogP contribution in [0, 0.1) is 0 Å². The molecule has 5 rings (SSSR count). The number of rotatable bonds is 32. The maximum Gasteiger partial charge on any atom is 0.333 e. The van der Waals surface area contributed by atoms with Gasteiger partial charge in [-0.3, -0.25) is 14.1 Å². The first kappa shape index (κ1) is 60.0. The SMILES string of the molecule is COCCOCCOCC[N+](CCOCCOCCOC)=c1ccc2c(C(C)(C)C)cc(/C=C/C=C3/N(CCCCCC(=O)ON4C(=O)CCC4=O)c4ccc(S(=O)(=O)[O-])cc4C3(C)CCCS(=O)(=O)O)oc-2c1. The van der Waals surface area contributed by atoms with E-state index in [-0.39, 0.29) is 37.5 Å². The van der Waals surface area contributed by atoms with Crippen molar-refractivity contribution in [2.24, 2.45) is 0 Å². The molecule has 410 valence electrons. The predicted octanol–water partition coefficient (Wildman–Crippen LogP) is 5.23. The molecule has 1 unspecified atom stereocenters. The number of hydrogen-bond acceptors (Lipinski definition) is 17. The quantitative estimate of drug-likeness (QED) is 0.0364. The summed E-state index contributed by atoms with van der Waals surface area (Å²) >= 11 is 0. The van der Waals surface area contributed by atoms with Crippen LogP contribution in [0.4, 0.5) is 5.69 Å². The van der Waals surface area contributed by atoms with Crippen LogP contribution in [0.1, 0.15) is 95.9 Å². The van der Waals surface area contributed by atoms with Gasteiger partial charge in [0.1, 0.15) is 34.9 Å². The van der Waals surface area contributed by atoms with Crippen LogP contribution < -0.4 is 14.8 Å². The van der Waals surface area contributed by atoms with Crippen LogP contribution in [-0.2, 0) is 78.7 Å². The number of ether oxygens (including phenoxy) is 6. The van der Waals surface area contributed by atoms with Gasteiger partial charge in [0.05, 0.1) is 69.6 Å². The molecule has 74 heavy (non-hydrogen) atoms. The van der Waals surface area contributed by atoms with Crippen LogP contribution >= 0.6 is 0 Å². The molecule has 1 fully saturated rings. The fraction of sp³-hybridized carbons (Fsp3) is 0.577. The molecule has 1 N–H and O–H groups in total. The number of anilines is 1. The molecule has 0 aromatic heterocycles. The van der Waals surface area contributed by atoms with Crippen LogP contribution in [-0.4, -0.2) is 154 Å². The first-order valence-electron chi connectivity index (χ1n) is 24.9. The number of amides is 2. The van der Waals surface area contributed by atoms with Crippen molar-refractivity contribution in [3.8, 4) is 11.3 Å². The van der Waals surface area contributed by atoms with Gasteiger partial charge in [0.2, 0.25) is 5.36 Å². The van der Waals surface area contributed by atoms with Crippen molar-refractivity contribution in [2.45, 2.75) is 94.8 Å². The molecule has 0 bridgehead atoms. The van der Waals surface area contributed by atoms with Gasteiger partial charge in [-0.25, -0.2) is 17.8 Å². The zero-order chi connectivity index (χ0) is 53.9. The van der Waals surface area contributed by atoms with Crippen LogP contribution in [0.25, 0.3) is 17.4 Å². The summed E-state index contributed by atoms with van der Waals surface area (Å²) in [7, 11) is -6.01. The molecule has 0 radical (unpaired) electrons. The van der Waals surface area contributed by atoms with E-state index in [1.54, 1.807) is 26.4 Å². The molecule has 3 heterocycles. The fourth-order valence-electron chi connectivity index (χ4n) is 8.80. The summed E-state index contributed by atoms with van der Waals surface area (Å²) in [4.78, 5) is 43.0. The number of carbonyl (C=O) groups is 3. The van der Waals surface area contributed by atoms with Crippen LogP contribution in [0.5, 0.6) is 0 Å². The molecule has 0 saturated carbocycles. The number of nitrogens with zero attached hydrogens (tertiary/aromatic N) is 3. The zero-order valence-electron chi connectivity index (χ0n) is 43.5. The summed E-state index contributed by atoms with van der Waals surface area (Å²) in [5, 5.41) is 1.40. The van der Waals surface area contributed by atoms with Crippen molar-refractivity contribution in [3.05, 3.63) is 82.6 Å². The Morgan fingerprint density at radius 1 is 0.811 bits per heavy atom. The monoisotopic (exact) mass is 1080 g/mol. The third-order valence-corrected chi connectivity index (χ3v) is 14.3. The van der Waals surface area contributed by atoms with E-state index < -0.39 is 54.1 Å². The molecule has 1 aromatic carbocycles. The highest BCUT2D eigenvalue weighted by Crippen LogP contribution is 2.51. The van der Waals surface area contributed by atoms with Crippen molar-refractivity contribution in [1.82, 2.24) is 9.64 Å². The van der Waals surface area contributed by atoms with Crippen LogP contribution in [0.2, 0.25) is 0 Å². The number of carbonyl (C=O) groups excluding carboxylic acids is 3. The summed E-state index contributed by atoms with van der Waals surface area (Å²) in [5.74, 6) is -1.25. The molecule has 20 nitrogen and oxygen atoms in total. The molecular weight excluding hydrogens is 1000 g/mol. The van der Waals surface area contributed by atoms with Crippen molar-refractivity contribution in [2.75, 3.05) is 111 Å². The Hall–Kier alpha value is -4.88. The molecule has 1 aliphatic carbocycles. The minimum absolute atomic E-state index is 0.00129. The molecule has 22 heteroatoms. The summed E-state index contributed by atoms with van der Waals surface area (Å²) in [5.41, 5.74) is 2.32. The van der Waals surface area contributed by atoms with E-state index in [0.29, 0.717) is 138 Å². The van der Waals surface area contributed by atoms with Crippen molar-refractivity contribution < 1.29 is 78.0 Å². The molecule has 1 aromatic rings. The molecule has 3 aliphatic heterocycles. The number of imide groups is 1. The summed E-state index contributed by atoms with van der Waals surface area (Å²) in [6.45, 7) is 14.2. The summed E-state index contributed by atoms with van der Waals surface area (Å²) < 4.78 is 113. The number of hydroxylamine groups is 2. The van der Waals surface area contributed by atoms with E-state index in [2.05, 4.69) is 31.4 Å². The first-order valence-corrected chi connectivity index (χ1v) is 27.9. The van der Waals surface area contributed by atoms with Crippen molar-refractivity contribution in [1.29, 1.82) is 0 Å². The van der Waals surface area contributed by atoms with Crippen LogP contribution in [0.15, 0.2) is 69.6 Å². The van der Waals surface area contributed by atoms with E-state index in [1.165, 1.54) is 12.1 Å². The first-order chi connectivity index (χ1) is 35.2. The molecule has 1 saturated heterocycles. The second kappa shape index (κ2) is 28.3. The smallest absolute Gasteiger partial charge is 0.333 e. The zero-order valence-corrected chi connectivity index (χ0v) is 45.1. The highest BCUT2D eigenvalue weighted by atomic mass is 32.2. The standard InChI is InChI=1S/C52H73N3O17S2/c1-51(2,3)43-37-40(71-46-36-39(15-17-42(43)46)53(23-25-67-31-33-69-29-27-65-5)24-26-68-32-34-70-30-28-66-6)12-10-13-47-52(4,21-11-35-73(59,60)61)44-38-41(74(62,63)64)16-18-45(44)54(47)22-9-7-8-14-50(58)72-55-48(56)19-20-49(55)57/h10,12-13,15-18,36-38H,7-9,11,14,19-35H2,1-6H3,(H-,59,60,61,62,63,64). The van der Waals surface area contributed by atoms with Gasteiger partial charge < -0.3 is 47.1 Å². The average molecular weight is 1080 g/mol. The van der Waals surface area contributed by atoms with E-state index in [1.807, 2.05) is 42.2 Å². The van der Waals surface area contributed by atoms with Gasteiger partial charge in [-0.1, -0.05) is 33.3 Å². The van der Waals surface area contributed by atoms with E-state index in [0.717, 1.165) is 16.5 Å². The number of hydrogen-bond donors (Lipinski definition) is 1. The Kier molecular flexibility index (Phi) is 22.9. The van der Waals surface area contributed by atoms with Gasteiger partial charge in [0.15, 0.2) is 13.1 Å². The van der Waals surface area contributed by atoms with Gasteiger partial charge >= 0.3 is 5.97 Å². The van der Waals surface area contributed by atoms with Gasteiger partial charge in [0.25, 0.3) is 21.9 Å². The van der Waals surface area contributed by atoms with Gasteiger partial charge in [0, 0.05) is 68.5 Å². The lowest BCUT2D eigenvalue weighted by Crippen LogP contribution is -2.36. The molecular formula is C52H73N3O17S2. The van der Waals surface area contributed by atoms with Gasteiger partial charge in [-0.2, -0.15) is 8.42 Å². The Balaban J connectivity index is 1.49. The third-order valence-electron chi connectivity index (χ3n) is 12.6. The topological polar surface area (TPSA) is 250 Å². The Morgan fingerprint density at radius 3 is 2.00 bits per heavy atom. The highest BCUT2D eigenvalue weighted by Gasteiger charge is 2.43. The van der Waals surface area contributed by atoms with Crippen molar-refractivity contribution in [3.63, 3.8) is 0 Å². The largest absolute Gasteiger partial charge is 0.744 e. The lowest BCUT2D eigenvalue weighted by molar-refractivity contribution is -0.197. The maximum atomic E-state index is 12.5. The van der Waals surface area contributed by atoms with Crippen molar-refractivity contribution >= 4 is 49.8 Å². The van der Waals surface area contributed by atoms with Gasteiger partial charge in [-0.05, 0) is 91.6 Å². The Labute approximate surface area is 435 Å². The number of unbranched alkanes of at least 4 members (excludes halogenated alkanes) is 2. The highest BCUT2D eigenvalue weighted by molar-refractivity contribution is 7.86. The average Bonchev–Trinajstić information content (AvgIpc) is 3.77. The van der Waals surface area contributed by atoms with Gasteiger partial charge in [-0.15, -0.1) is 5.06 Å². The lowest BCUT2D eigenvalue weighted by atomic mass is 9.77. The second-order valence-electron chi connectivity index (χ2n) is 19.2.